The molecule has 3 heteroatoms. The van der Waals surface area contributed by atoms with Gasteiger partial charge in [-0.1, -0.05) is 11.8 Å². The molecule has 1 unspecified atom stereocenters. The first kappa shape index (κ1) is 14.9. The SMILES string of the molecule is COC(C)COc1ccc(C#CCCCl)c(C)c1. The Morgan fingerprint density at radius 3 is 2.78 bits per heavy atom. The molecule has 0 aliphatic carbocycles. The molecule has 1 atom stereocenters. The zero-order valence-electron chi connectivity index (χ0n) is 11.1. The van der Waals surface area contributed by atoms with Crippen LogP contribution in [-0.2, 0) is 4.74 Å². The maximum atomic E-state index is 5.63. The third-order valence-electron chi connectivity index (χ3n) is 2.53. The van der Waals surface area contributed by atoms with Crippen molar-refractivity contribution in [1.82, 2.24) is 0 Å². The minimum Gasteiger partial charge on any atom is -0.491 e. The van der Waals surface area contributed by atoms with E-state index in [0.717, 1.165) is 16.9 Å². The van der Waals surface area contributed by atoms with E-state index < -0.39 is 0 Å². The second-order valence-corrected chi connectivity index (χ2v) is 4.45. The Kier molecular flexibility index (Phi) is 6.64. The molecule has 0 radical (unpaired) electrons. The van der Waals surface area contributed by atoms with Crippen molar-refractivity contribution < 1.29 is 9.47 Å². The van der Waals surface area contributed by atoms with Crippen LogP contribution in [0.3, 0.4) is 0 Å². The molecule has 1 aromatic carbocycles. The van der Waals surface area contributed by atoms with Crippen LogP contribution in [0, 0.1) is 18.8 Å². The van der Waals surface area contributed by atoms with E-state index in [1.807, 2.05) is 32.0 Å². The Morgan fingerprint density at radius 2 is 2.17 bits per heavy atom. The summed E-state index contributed by atoms with van der Waals surface area (Å²) in [6.07, 6.45) is 0.804. The number of aryl methyl sites for hydroxylation is 1. The van der Waals surface area contributed by atoms with Crippen molar-refractivity contribution in [2.75, 3.05) is 19.6 Å². The van der Waals surface area contributed by atoms with Gasteiger partial charge in [-0.25, -0.2) is 0 Å². The van der Waals surface area contributed by atoms with E-state index in [-0.39, 0.29) is 6.10 Å². The summed E-state index contributed by atoms with van der Waals surface area (Å²) in [6.45, 7) is 4.55. The molecule has 0 aromatic heterocycles. The highest BCUT2D eigenvalue weighted by atomic mass is 35.5. The number of rotatable bonds is 5. The normalized spacial score (nSPS) is 11.6. The fourth-order valence-corrected chi connectivity index (χ4v) is 1.45. The Balaban J connectivity index is 2.65. The number of hydrogen-bond donors (Lipinski definition) is 0. The molecular weight excluding hydrogens is 248 g/mol. The third kappa shape index (κ3) is 5.00. The minimum absolute atomic E-state index is 0.0912. The third-order valence-corrected chi connectivity index (χ3v) is 2.72. The number of methoxy groups -OCH3 is 1. The zero-order chi connectivity index (χ0) is 13.4. The molecule has 18 heavy (non-hydrogen) atoms. The van der Waals surface area contributed by atoms with Crippen LogP contribution in [0.4, 0.5) is 0 Å². The molecule has 98 valence electrons. The van der Waals surface area contributed by atoms with Crippen LogP contribution in [0.25, 0.3) is 0 Å². The van der Waals surface area contributed by atoms with Crippen molar-refractivity contribution in [3.63, 3.8) is 0 Å². The average molecular weight is 267 g/mol. The quantitative estimate of drug-likeness (QED) is 0.601. The fraction of sp³-hybridized carbons (Fsp3) is 0.467. The fourth-order valence-electron chi connectivity index (χ4n) is 1.35. The van der Waals surface area contributed by atoms with Crippen molar-refractivity contribution >= 4 is 11.6 Å². The average Bonchev–Trinajstić information content (AvgIpc) is 2.38. The van der Waals surface area contributed by atoms with E-state index in [9.17, 15) is 0 Å². The van der Waals surface area contributed by atoms with Crippen molar-refractivity contribution in [3.8, 4) is 17.6 Å². The van der Waals surface area contributed by atoms with Crippen LogP contribution in [0.15, 0.2) is 18.2 Å². The molecule has 2 nitrogen and oxygen atoms in total. The van der Waals surface area contributed by atoms with E-state index in [1.165, 1.54) is 0 Å². The first-order chi connectivity index (χ1) is 8.67. The van der Waals surface area contributed by atoms with E-state index in [2.05, 4.69) is 11.8 Å². The topological polar surface area (TPSA) is 18.5 Å². The van der Waals surface area contributed by atoms with Gasteiger partial charge in [0.25, 0.3) is 0 Å². The number of ether oxygens (including phenoxy) is 2. The number of alkyl halides is 1. The summed E-state index contributed by atoms with van der Waals surface area (Å²) in [7, 11) is 1.68. The molecule has 0 bridgehead atoms. The summed E-state index contributed by atoms with van der Waals surface area (Å²) in [5, 5.41) is 0. The molecule has 0 aliphatic heterocycles. The van der Waals surface area contributed by atoms with Gasteiger partial charge < -0.3 is 9.47 Å². The van der Waals surface area contributed by atoms with Crippen molar-refractivity contribution in [3.05, 3.63) is 29.3 Å². The van der Waals surface area contributed by atoms with E-state index >= 15 is 0 Å². The highest BCUT2D eigenvalue weighted by Gasteiger charge is 2.02. The monoisotopic (exact) mass is 266 g/mol. The lowest BCUT2D eigenvalue weighted by atomic mass is 10.1. The molecule has 0 saturated heterocycles. The minimum atomic E-state index is 0.0912. The highest BCUT2D eigenvalue weighted by Crippen LogP contribution is 2.17. The molecule has 0 heterocycles. The van der Waals surface area contributed by atoms with Gasteiger partial charge in [0.2, 0.25) is 0 Å². The lowest BCUT2D eigenvalue weighted by Gasteiger charge is -2.12. The predicted molar refractivity (Wildman–Crippen MR) is 75.4 cm³/mol. The highest BCUT2D eigenvalue weighted by molar-refractivity contribution is 6.18. The summed E-state index contributed by atoms with van der Waals surface area (Å²) in [5.74, 6) is 7.55. The van der Waals surface area contributed by atoms with Crippen LogP contribution in [0.1, 0.15) is 24.5 Å². The zero-order valence-corrected chi connectivity index (χ0v) is 11.9. The first-order valence-corrected chi connectivity index (χ1v) is 6.52. The number of benzene rings is 1. The summed E-state index contributed by atoms with van der Waals surface area (Å²) in [4.78, 5) is 0. The molecule has 0 aliphatic rings. The second kappa shape index (κ2) is 8.02. The van der Waals surface area contributed by atoms with Crippen molar-refractivity contribution in [2.24, 2.45) is 0 Å². The van der Waals surface area contributed by atoms with Gasteiger partial charge in [-0.2, -0.15) is 0 Å². The van der Waals surface area contributed by atoms with Gasteiger partial charge in [0.15, 0.2) is 0 Å². The van der Waals surface area contributed by atoms with Gasteiger partial charge >= 0.3 is 0 Å². The Morgan fingerprint density at radius 1 is 1.39 bits per heavy atom. The van der Waals surface area contributed by atoms with Crippen LogP contribution < -0.4 is 4.74 Å². The molecule has 0 amide bonds. The van der Waals surface area contributed by atoms with E-state index in [4.69, 9.17) is 21.1 Å². The molecule has 0 spiro atoms. The van der Waals surface area contributed by atoms with Crippen LogP contribution >= 0.6 is 11.6 Å². The van der Waals surface area contributed by atoms with Crippen molar-refractivity contribution in [1.29, 1.82) is 0 Å². The molecule has 0 fully saturated rings. The van der Waals surface area contributed by atoms with Crippen LogP contribution in [-0.4, -0.2) is 25.7 Å². The molecular formula is C15H19ClO2. The van der Waals surface area contributed by atoms with Crippen molar-refractivity contribution in [2.45, 2.75) is 26.4 Å². The van der Waals surface area contributed by atoms with Crippen LogP contribution in [0.5, 0.6) is 5.75 Å². The first-order valence-electron chi connectivity index (χ1n) is 5.98. The summed E-state index contributed by atoms with van der Waals surface area (Å²) in [5.41, 5.74) is 2.13. The van der Waals surface area contributed by atoms with Gasteiger partial charge in [-0.3, -0.25) is 0 Å². The summed E-state index contributed by atoms with van der Waals surface area (Å²) >= 11 is 5.58. The molecule has 0 N–H and O–H groups in total. The van der Waals surface area contributed by atoms with Gasteiger partial charge in [-0.15, -0.1) is 11.6 Å². The lowest BCUT2D eigenvalue weighted by Crippen LogP contribution is -2.15. The summed E-state index contributed by atoms with van der Waals surface area (Å²) < 4.78 is 10.8. The van der Waals surface area contributed by atoms with E-state index in [1.54, 1.807) is 7.11 Å². The predicted octanol–water partition coefficient (Wildman–Crippen LogP) is 3.39. The summed E-state index contributed by atoms with van der Waals surface area (Å²) in [6, 6.07) is 5.90. The Hall–Kier alpha value is -1.17. The maximum Gasteiger partial charge on any atom is 0.119 e. The molecule has 0 saturated carbocycles. The maximum absolute atomic E-state index is 5.63. The van der Waals surface area contributed by atoms with Gasteiger partial charge in [0.1, 0.15) is 12.4 Å². The lowest BCUT2D eigenvalue weighted by molar-refractivity contribution is 0.0716. The number of hydrogen-bond acceptors (Lipinski definition) is 2. The smallest absolute Gasteiger partial charge is 0.119 e. The number of halogens is 1. The standard InChI is InChI=1S/C15H19ClO2/c1-12-10-15(18-11-13(2)17-3)8-7-14(12)6-4-5-9-16/h7-8,10,13H,5,9,11H2,1-3H3. The largest absolute Gasteiger partial charge is 0.491 e. The van der Waals surface area contributed by atoms with Gasteiger partial charge in [0.05, 0.1) is 6.10 Å². The molecule has 1 rings (SSSR count). The second-order valence-electron chi connectivity index (χ2n) is 4.07. The van der Waals surface area contributed by atoms with Crippen LogP contribution in [0.2, 0.25) is 0 Å². The van der Waals surface area contributed by atoms with Gasteiger partial charge in [0, 0.05) is 25.0 Å². The van der Waals surface area contributed by atoms with E-state index in [0.29, 0.717) is 18.9 Å². The Labute approximate surface area is 114 Å². The molecule has 1 aromatic rings. The Bertz CT molecular complexity index is 432. The van der Waals surface area contributed by atoms with Gasteiger partial charge in [-0.05, 0) is 37.6 Å².